The maximum atomic E-state index is 6.01. The van der Waals surface area contributed by atoms with Crippen molar-refractivity contribution >= 4 is 11.3 Å². The molecule has 2 nitrogen and oxygen atoms in total. The molecule has 0 saturated heterocycles. The first-order valence-electron chi connectivity index (χ1n) is 7.32. The molecule has 3 rings (SSSR count). The highest BCUT2D eigenvalue weighted by Crippen LogP contribution is 2.37. The topological polar surface area (TPSA) is 22.4 Å². The molecule has 2 aromatic heterocycles. The Morgan fingerprint density at radius 1 is 0.864 bits per heavy atom. The molecule has 3 aromatic rings. The molecular weight excluding hydrogens is 292 g/mol. The van der Waals surface area contributed by atoms with E-state index < -0.39 is 0 Å². The minimum absolute atomic E-state index is 0.0360. The highest BCUT2D eigenvalue weighted by molar-refractivity contribution is 7.18. The predicted molar refractivity (Wildman–Crippen MR) is 92.7 cm³/mol. The molecule has 0 aliphatic rings. The molecule has 0 unspecified atom stereocenters. The van der Waals surface area contributed by atoms with E-state index in [1.807, 2.05) is 12.1 Å². The summed E-state index contributed by atoms with van der Waals surface area (Å²) in [5, 5.41) is 0. The highest BCUT2D eigenvalue weighted by Gasteiger charge is 2.19. The monoisotopic (exact) mass is 312 g/mol. The van der Waals surface area contributed by atoms with Crippen LogP contribution < -0.4 is 4.74 Å². The van der Waals surface area contributed by atoms with Crippen molar-refractivity contribution < 1.29 is 9.15 Å². The zero-order valence-corrected chi connectivity index (χ0v) is 14.2. The van der Waals surface area contributed by atoms with Crippen LogP contribution in [0.4, 0.5) is 0 Å². The third-order valence-electron chi connectivity index (χ3n) is 3.57. The Labute approximate surface area is 135 Å². The van der Waals surface area contributed by atoms with Crippen LogP contribution in [0.5, 0.6) is 5.75 Å². The van der Waals surface area contributed by atoms with Gasteiger partial charge in [-0.25, -0.2) is 0 Å². The molecule has 0 aliphatic carbocycles. The van der Waals surface area contributed by atoms with Gasteiger partial charge in [-0.3, -0.25) is 0 Å². The first-order chi connectivity index (χ1) is 10.5. The molecule has 0 fully saturated rings. The van der Waals surface area contributed by atoms with Crippen LogP contribution in [0.3, 0.4) is 0 Å². The number of hydrogen-bond acceptors (Lipinski definition) is 3. The molecule has 0 spiro atoms. The van der Waals surface area contributed by atoms with E-state index in [2.05, 4.69) is 57.2 Å². The van der Waals surface area contributed by atoms with Gasteiger partial charge in [0.1, 0.15) is 17.3 Å². The van der Waals surface area contributed by atoms with E-state index >= 15 is 0 Å². The van der Waals surface area contributed by atoms with Crippen LogP contribution in [-0.4, -0.2) is 7.11 Å². The van der Waals surface area contributed by atoms with Crippen LogP contribution in [0.1, 0.15) is 26.5 Å². The summed E-state index contributed by atoms with van der Waals surface area (Å²) in [5.74, 6) is 2.83. The van der Waals surface area contributed by atoms with E-state index in [9.17, 15) is 0 Å². The van der Waals surface area contributed by atoms with Gasteiger partial charge in [0.05, 0.1) is 12.0 Å². The van der Waals surface area contributed by atoms with Gasteiger partial charge in [-0.2, -0.15) is 0 Å². The number of furan rings is 1. The van der Waals surface area contributed by atoms with Crippen LogP contribution in [0.2, 0.25) is 0 Å². The summed E-state index contributed by atoms with van der Waals surface area (Å²) in [5.41, 5.74) is 1.23. The number of ether oxygens (including phenoxy) is 1. The minimum atomic E-state index is 0.0360. The van der Waals surface area contributed by atoms with Gasteiger partial charge in [-0.1, -0.05) is 20.8 Å². The number of benzene rings is 1. The Kier molecular flexibility index (Phi) is 3.83. The summed E-state index contributed by atoms with van der Waals surface area (Å²) in [6.07, 6.45) is 0. The standard InChI is InChI=1S/C19H20O2S/c1-19(2,3)18-12-9-15(21-18)17-11-10-16(22-17)13-5-7-14(20-4)8-6-13/h5-12H,1-4H3. The van der Waals surface area contributed by atoms with Gasteiger partial charge < -0.3 is 9.15 Å². The Morgan fingerprint density at radius 2 is 1.55 bits per heavy atom. The predicted octanol–water partition coefficient (Wildman–Crippen LogP) is 5.98. The van der Waals surface area contributed by atoms with E-state index in [4.69, 9.17) is 9.15 Å². The third-order valence-corrected chi connectivity index (χ3v) is 4.72. The van der Waals surface area contributed by atoms with E-state index in [0.717, 1.165) is 22.1 Å². The van der Waals surface area contributed by atoms with Crippen molar-refractivity contribution in [3.05, 3.63) is 54.3 Å². The fourth-order valence-electron chi connectivity index (χ4n) is 2.25. The van der Waals surface area contributed by atoms with Gasteiger partial charge in [-0.05, 0) is 54.1 Å². The SMILES string of the molecule is COc1ccc(-c2ccc(-c3ccc(C(C)(C)C)o3)s2)cc1. The highest BCUT2D eigenvalue weighted by atomic mass is 32.1. The largest absolute Gasteiger partial charge is 0.497 e. The van der Waals surface area contributed by atoms with Gasteiger partial charge in [0.2, 0.25) is 0 Å². The van der Waals surface area contributed by atoms with Crippen LogP contribution >= 0.6 is 11.3 Å². The van der Waals surface area contributed by atoms with Crippen LogP contribution in [-0.2, 0) is 5.41 Å². The molecule has 22 heavy (non-hydrogen) atoms. The molecule has 0 N–H and O–H groups in total. The lowest BCUT2D eigenvalue weighted by Gasteiger charge is -2.13. The molecular formula is C19H20O2S. The maximum absolute atomic E-state index is 6.01. The molecule has 0 aliphatic heterocycles. The van der Waals surface area contributed by atoms with E-state index in [1.165, 1.54) is 10.4 Å². The fourth-order valence-corrected chi connectivity index (χ4v) is 3.23. The Morgan fingerprint density at radius 3 is 2.14 bits per heavy atom. The lowest BCUT2D eigenvalue weighted by Crippen LogP contribution is -2.08. The van der Waals surface area contributed by atoms with Gasteiger partial charge in [-0.15, -0.1) is 11.3 Å². The van der Waals surface area contributed by atoms with E-state index in [-0.39, 0.29) is 5.41 Å². The minimum Gasteiger partial charge on any atom is -0.497 e. The summed E-state index contributed by atoms with van der Waals surface area (Å²) < 4.78 is 11.2. The molecule has 1 aromatic carbocycles. The molecule has 0 radical (unpaired) electrons. The average Bonchev–Trinajstić information content (AvgIpc) is 3.15. The van der Waals surface area contributed by atoms with Crippen LogP contribution in [0.25, 0.3) is 21.1 Å². The second-order valence-corrected chi connectivity index (χ2v) is 7.39. The van der Waals surface area contributed by atoms with E-state index in [0.29, 0.717) is 0 Å². The first kappa shape index (κ1) is 14.9. The van der Waals surface area contributed by atoms with Gasteiger partial charge in [0, 0.05) is 10.3 Å². The molecule has 0 saturated carbocycles. The molecule has 3 heteroatoms. The smallest absolute Gasteiger partial charge is 0.144 e. The van der Waals surface area contributed by atoms with Crippen molar-refractivity contribution in [2.75, 3.05) is 7.11 Å². The van der Waals surface area contributed by atoms with Gasteiger partial charge >= 0.3 is 0 Å². The average molecular weight is 312 g/mol. The van der Waals surface area contributed by atoms with Crippen molar-refractivity contribution in [2.24, 2.45) is 0 Å². The summed E-state index contributed by atoms with van der Waals surface area (Å²) in [4.78, 5) is 2.38. The summed E-state index contributed by atoms with van der Waals surface area (Å²) >= 11 is 1.74. The molecule has 114 valence electrons. The molecule has 0 amide bonds. The lowest BCUT2D eigenvalue weighted by atomic mass is 9.94. The number of thiophene rings is 1. The number of rotatable bonds is 3. The van der Waals surface area contributed by atoms with Crippen molar-refractivity contribution in [2.45, 2.75) is 26.2 Å². The Bertz CT molecular complexity index is 757. The maximum Gasteiger partial charge on any atom is 0.144 e. The van der Waals surface area contributed by atoms with Crippen molar-refractivity contribution in [3.8, 4) is 26.8 Å². The normalized spacial score (nSPS) is 11.6. The van der Waals surface area contributed by atoms with Crippen molar-refractivity contribution in [3.63, 3.8) is 0 Å². The quantitative estimate of drug-likeness (QED) is 0.593. The van der Waals surface area contributed by atoms with Crippen molar-refractivity contribution in [1.29, 1.82) is 0 Å². The summed E-state index contributed by atoms with van der Waals surface area (Å²) in [6.45, 7) is 6.48. The van der Waals surface area contributed by atoms with Gasteiger partial charge in [0.15, 0.2) is 0 Å². The summed E-state index contributed by atoms with van der Waals surface area (Å²) in [7, 11) is 1.68. The van der Waals surface area contributed by atoms with Crippen molar-refractivity contribution in [1.82, 2.24) is 0 Å². The zero-order valence-electron chi connectivity index (χ0n) is 13.3. The molecule has 0 atom stereocenters. The zero-order chi connectivity index (χ0) is 15.7. The fraction of sp³-hybridized carbons (Fsp3) is 0.263. The lowest BCUT2D eigenvalue weighted by molar-refractivity contribution is 0.415. The first-order valence-corrected chi connectivity index (χ1v) is 8.14. The molecule has 0 bridgehead atoms. The van der Waals surface area contributed by atoms with Gasteiger partial charge in [0.25, 0.3) is 0 Å². The molecule has 2 heterocycles. The van der Waals surface area contributed by atoms with Crippen LogP contribution in [0.15, 0.2) is 52.9 Å². The second kappa shape index (κ2) is 5.65. The number of hydrogen-bond donors (Lipinski definition) is 0. The Balaban J connectivity index is 1.88. The summed E-state index contributed by atoms with van der Waals surface area (Å²) in [6, 6.07) is 16.5. The number of methoxy groups -OCH3 is 1. The second-order valence-electron chi connectivity index (χ2n) is 6.31. The van der Waals surface area contributed by atoms with Crippen LogP contribution in [0, 0.1) is 0 Å². The van der Waals surface area contributed by atoms with E-state index in [1.54, 1.807) is 18.4 Å². The third kappa shape index (κ3) is 2.95. The Hall–Kier alpha value is -2.00.